The van der Waals surface area contributed by atoms with Gasteiger partial charge in [0.05, 0.1) is 11.2 Å². The number of hydrogen-bond donors (Lipinski definition) is 1. The molecule has 126 valence electrons. The molecule has 0 atom stereocenters. The van der Waals surface area contributed by atoms with Gasteiger partial charge in [0.25, 0.3) is 10.0 Å². The molecule has 0 fully saturated rings. The van der Waals surface area contributed by atoms with E-state index in [1.165, 1.54) is 24.4 Å². The summed E-state index contributed by atoms with van der Waals surface area (Å²) in [7, 11) is -3.90. The van der Waals surface area contributed by atoms with Crippen molar-refractivity contribution in [1.29, 1.82) is 0 Å². The topological polar surface area (TPSA) is 67.8 Å². The van der Waals surface area contributed by atoms with Gasteiger partial charge in [0.15, 0.2) is 0 Å². The zero-order chi connectivity index (χ0) is 17.6. The summed E-state index contributed by atoms with van der Waals surface area (Å²) in [6, 6.07) is 11.1. The summed E-state index contributed by atoms with van der Waals surface area (Å²) in [6.07, 6.45) is 3.01. The van der Waals surface area contributed by atoms with Gasteiger partial charge in [-0.2, -0.15) is 13.5 Å². The van der Waals surface area contributed by atoms with Crippen molar-refractivity contribution < 1.29 is 13.2 Å². The molecule has 0 bridgehead atoms. The Morgan fingerprint density at radius 1 is 1.17 bits per heavy atom. The molecule has 2 rings (SSSR count). The number of ether oxygens (including phenoxy) is 1. The van der Waals surface area contributed by atoms with Crippen LogP contribution in [0.3, 0.4) is 0 Å². The predicted octanol–water partition coefficient (Wildman–Crippen LogP) is 3.87. The molecule has 0 spiro atoms. The molecule has 0 unspecified atom stereocenters. The second-order valence-corrected chi connectivity index (χ2v) is 7.07. The lowest BCUT2D eigenvalue weighted by Gasteiger charge is -2.06. The van der Waals surface area contributed by atoms with Gasteiger partial charge in [-0.15, -0.1) is 0 Å². The van der Waals surface area contributed by atoms with Gasteiger partial charge in [-0.1, -0.05) is 35.9 Å². The smallest absolute Gasteiger partial charge is 0.278 e. The summed E-state index contributed by atoms with van der Waals surface area (Å²) in [5.74, 6) is 0.679. The van der Waals surface area contributed by atoms with Crippen molar-refractivity contribution in [3.05, 3.63) is 70.7 Å². The maximum Gasteiger partial charge on any atom is 0.278 e. The number of benzene rings is 2. The molecule has 2 aromatic carbocycles. The first kappa shape index (κ1) is 18.3. The number of nitrogens with one attached hydrogen (secondary N) is 1. The van der Waals surface area contributed by atoms with Crippen molar-refractivity contribution in [2.75, 3.05) is 6.61 Å². The van der Waals surface area contributed by atoms with Crippen LogP contribution in [-0.2, 0) is 10.0 Å². The highest BCUT2D eigenvalue weighted by Gasteiger charge is 2.17. The van der Waals surface area contributed by atoms with Crippen molar-refractivity contribution in [3.63, 3.8) is 0 Å². The van der Waals surface area contributed by atoms with Crippen LogP contribution in [0, 0.1) is 0 Å². The molecule has 0 saturated carbocycles. The quantitative estimate of drug-likeness (QED) is 0.447. The molecule has 0 amide bonds. The van der Waals surface area contributed by atoms with Gasteiger partial charge in [-0.05, 0) is 48.0 Å². The van der Waals surface area contributed by atoms with Crippen LogP contribution < -0.4 is 9.57 Å². The summed E-state index contributed by atoms with van der Waals surface area (Å²) in [6.45, 7) is 3.97. The standard InChI is InChI=1S/C16H14Cl2N2O3S/c1-2-9-23-14-6-3-12(4-7-14)11-19-20-24(21,22)16-10-13(17)5-8-15(16)18/h2-8,10-11,20H,1,9H2/b19-11+. The fraction of sp³-hybridized carbons (Fsp3) is 0.0625. The Kier molecular flexibility index (Phi) is 6.25. The Hall–Kier alpha value is -2.02. The molecule has 8 heteroatoms. The van der Waals surface area contributed by atoms with Gasteiger partial charge in [-0.25, -0.2) is 4.83 Å². The fourth-order valence-corrected chi connectivity index (χ4v) is 3.26. The van der Waals surface area contributed by atoms with Gasteiger partial charge < -0.3 is 4.74 Å². The molecule has 5 nitrogen and oxygen atoms in total. The third kappa shape index (κ3) is 4.99. The molecule has 0 aliphatic carbocycles. The van der Waals surface area contributed by atoms with Crippen molar-refractivity contribution in [2.45, 2.75) is 4.90 Å². The summed E-state index contributed by atoms with van der Waals surface area (Å²) in [5.41, 5.74) is 0.695. The summed E-state index contributed by atoms with van der Waals surface area (Å²) in [4.78, 5) is 1.96. The lowest BCUT2D eigenvalue weighted by Crippen LogP contribution is -2.18. The zero-order valence-electron chi connectivity index (χ0n) is 12.4. The molecule has 24 heavy (non-hydrogen) atoms. The third-order valence-electron chi connectivity index (χ3n) is 2.82. The Balaban J connectivity index is 2.07. The monoisotopic (exact) mass is 384 g/mol. The molecule has 0 radical (unpaired) electrons. The van der Waals surface area contributed by atoms with E-state index in [0.717, 1.165) is 0 Å². The number of rotatable bonds is 7. The normalized spacial score (nSPS) is 11.4. The SMILES string of the molecule is C=CCOc1ccc(/C=N/NS(=O)(=O)c2cc(Cl)ccc2Cl)cc1. The Bertz CT molecular complexity index is 850. The van der Waals surface area contributed by atoms with Crippen molar-refractivity contribution in [1.82, 2.24) is 4.83 Å². The molecular weight excluding hydrogens is 371 g/mol. The second kappa shape index (κ2) is 8.19. The third-order valence-corrected chi connectivity index (χ3v) is 4.76. The van der Waals surface area contributed by atoms with E-state index in [-0.39, 0.29) is 14.9 Å². The van der Waals surface area contributed by atoms with Crippen molar-refractivity contribution in [2.24, 2.45) is 5.10 Å². The molecule has 0 aliphatic heterocycles. The number of halogens is 2. The first-order valence-electron chi connectivity index (χ1n) is 6.76. The van der Waals surface area contributed by atoms with Crippen LogP contribution in [0.2, 0.25) is 10.0 Å². The summed E-state index contributed by atoms with van der Waals surface area (Å²) in [5, 5.41) is 4.05. The van der Waals surface area contributed by atoms with E-state index in [2.05, 4.69) is 16.5 Å². The zero-order valence-corrected chi connectivity index (χ0v) is 14.8. The van der Waals surface area contributed by atoms with Crippen LogP contribution in [0.1, 0.15) is 5.56 Å². The highest BCUT2D eigenvalue weighted by molar-refractivity contribution is 7.89. The van der Waals surface area contributed by atoms with Crippen LogP contribution in [0.25, 0.3) is 0 Å². The number of nitrogens with zero attached hydrogens (tertiary/aromatic N) is 1. The van der Waals surface area contributed by atoms with E-state index in [0.29, 0.717) is 17.9 Å². The molecule has 0 heterocycles. The van der Waals surface area contributed by atoms with E-state index >= 15 is 0 Å². The second-order valence-electron chi connectivity index (χ2n) is 4.60. The lowest BCUT2D eigenvalue weighted by atomic mass is 10.2. The molecule has 0 aliphatic rings. The van der Waals surface area contributed by atoms with Gasteiger partial charge in [0, 0.05) is 5.02 Å². The van der Waals surface area contributed by atoms with E-state index in [1.54, 1.807) is 30.3 Å². The Morgan fingerprint density at radius 3 is 2.54 bits per heavy atom. The van der Waals surface area contributed by atoms with Crippen LogP contribution in [0.4, 0.5) is 0 Å². The van der Waals surface area contributed by atoms with E-state index in [9.17, 15) is 8.42 Å². The van der Waals surface area contributed by atoms with E-state index in [1.807, 2.05) is 0 Å². The highest BCUT2D eigenvalue weighted by atomic mass is 35.5. The largest absolute Gasteiger partial charge is 0.490 e. The Morgan fingerprint density at radius 2 is 1.88 bits per heavy atom. The van der Waals surface area contributed by atoms with Crippen LogP contribution in [0.15, 0.2) is 65.1 Å². The molecule has 0 aromatic heterocycles. The Labute approximate surface area is 150 Å². The van der Waals surface area contributed by atoms with Crippen molar-refractivity contribution >= 4 is 39.4 Å². The number of hydrogen-bond acceptors (Lipinski definition) is 4. The number of hydrazone groups is 1. The number of sulfonamides is 1. The average molecular weight is 385 g/mol. The van der Waals surface area contributed by atoms with Gasteiger partial charge >= 0.3 is 0 Å². The predicted molar refractivity (Wildman–Crippen MR) is 96.5 cm³/mol. The minimum atomic E-state index is -3.90. The van der Waals surface area contributed by atoms with E-state index in [4.69, 9.17) is 27.9 Å². The van der Waals surface area contributed by atoms with Crippen LogP contribution in [0.5, 0.6) is 5.75 Å². The average Bonchev–Trinajstić information content (AvgIpc) is 2.56. The van der Waals surface area contributed by atoms with E-state index < -0.39 is 10.0 Å². The van der Waals surface area contributed by atoms with Gasteiger partial charge in [0.2, 0.25) is 0 Å². The minimum absolute atomic E-state index is 0.0609. The molecule has 2 aromatic rings. The van der Waals surface area contributed by atoms with Gasteiger partial charge in [-0.3, -0.25) is 0 Å². The highest BCUT2D eigenvalue weighted by Crippen LogP contribution is 2.24. The maximum atomic E-state index is 12.2. The van der Waals surface area contributed by atoms with Crippen LogP contribution >= 0.6 is 23.2 Å². The first-order valence-corrected chi connectivity index (χ1v) is 9.00. The summed E-state index contributed by atoms with van der Waals surface area (Å²) < 4.78 is 29.7. The first-order chi connectivity index (χ1) is 11.4. The maximum absolute atomic E-state index is 12.2. The minimum Gasteiger partial charge on any atom is -0.490 e. The van der Waals surface area contributed by atoms with Crippen molar-refractivity contribution in [3.8, 4) is 5.75 Å². The fourth-order valence-electron chi connectivity index (χ4n) is 1.71. The molecular formula is C16H14Cl2N2O3S. The molecule has 0 saturated heterocycles. The van der Waals surface area contributed by atoms with Crippen LogP contribution in [-0.4, -0.2) is 21.2 Å². The molecule has 1 N–H and O–H groups in total. The summed E-state index contributed by atoms with van der Waals surface area (Å²) >= 11 is 11.7. The lowest BCUT2D eigenvalue weighted by molar-refractivity contribution is 0.363. The van der Waals surface area contributed by atoms with Gasteiger partial charge in [0.1, 0.15) is 17.3 Å².